The van der Waals surface area contributed by atoms with E-state index in [-0.39, 0.29) is 5.82 Å². The first-order valence-corrected chi connectivity index (χ1v) is 5.86. The summed E-state index contributed by atoms with van der Waals surface area (Å²) in [5.41, 5.74) is 7.19. The number of halogens is 1. The van der Waals surface area contributed by atoms with E-state index in [0.29, 0.717) is 25.1 Å². The van der Waals surface area contributed by atoms with Crippen LogP contribution in [0.4, 0.5) is 10.1 Å². The van der Waals surface area contributed by atoms with Gasteiger partial charge in [0.25, 0.3) is 0 Å². The van der Waals surface area contributed by atoms with Crippen molar-refractivity contribution in [2.45, 2.75) is 0 Å². The molecule has 6 heteroatoms. The smallest absolute Gasteiger partial charge is 0.203 e. The summed E-state index contributed by atoms with van der Waals surface area (Å²) in [5.74, 6) is -1.14. The Morgan fingerprint density at radius 2 is 2.11 bits per heavy atom. The molecule has 3 N–H and O–H groups in total. The molecule has 0 amide bonds. The topological polar surface area (TPSA) is 70.2 Å². The number of hydrazine groups is 1. The lowest BCUT2D eigenvalue weighted by Gasteiger charge is -2.09. The number of carbonyl (C=O) groups excluding carboxylic acids is 2. The Kier molecular flexibility index (Phi) is 4.25. The molecule has 1 atom stereocenters. The maximum absolute atomic E-state index is 12.7. The third-order valence-electron chi connectivity index (χ3n) is 2.90. The maximum atomic E-state index is 12.7. The van der Waals surface area contributed by atoms with E-state index in [9.17, 15) is 14.0 Å². The summed E-state index contributed by atoms with van der Waals surface area (Å²) >= 11 is 0. The molecule has 1 heterocycles. The molecule has 1 aliphatic heterocycles. The Morgan fingerprint density at radius 1 is 1.37 bits per heavy atom. The molecule has 0 aliphatic carbocycles. The van der Waals surface area contributed by atoms with Crippen molar-refractivity contribution in [3.63, 3.8) is 0 Å². The highest BCUT2D eigenvalue weighted by Crippen LogP contribution is 2.15. The zero-order chi connectivity index (χ0) is 13.7. The molecule has 5 nitrogen and oxygen atoms in total. The lowest BCUT2D eigenvalue weighted by atomic mass is 10.00. The first-order chi connectivity index (χ1) is 9.20. The fourth-order valence-corrected chi connectivity index (χ4v) is 1.88. The molecule has 1 aromatic rings. The lowest BCUT2D eigenvalue weighted by molar-refractivity contribution is -0.131. The third kappa shape index (κ3) is 3.38. The summed E-state index contributed by atoms with van der Waals surface area (Å²) in [5, 5.41) is 3.03. The summed E-state index contributed by atoms with van der Waals surface area (Å²) in [6.45, 7) is 1.03. The molecule has 0 saturated carbocycles. The highest BCUT2D eigenvalue weighted by Gasteiger charge is 2.26. The Morgan fingerprint density at radius 3 is 2.79 bits per heavy atom. The van der Waals surface area contributed by atoms with E-state index in [0.717, 1.165) is 5.57 Å². The number of hydrogen-bond donors (Lipinski definition) is 3. The van der Waals surface area contributed by atoms with Crippen molar-refractivity contribution in [1.29, 1.82) is 0 Å². The van der Waals surface area contributed by atoms with Crippen molar-refractivity contribution in [2.75, 3.05) is 18.5 Å². The molecular formula is C13H14FN3O2. The molecule has 0 spiro atoms. The van der Waals surface area contributed by atoms with Gasteiger partial charge in [-0.1, -0.05) is 0 Å². The standard InChI is InChI=1S/C13H14FN3O2/c14-10-1-3-11(4-2-10)17-16-6-9-5-15-7-12(9)13(19)8-18/h1-4,6,8,12,15-17H,5,7H2. The van der Waals surface area contributed by atoms with E-state index < -0.39 is 11.7 Å². The van der Waals surface area contributed by atoms with Crippen LogP contribution in [0.25, 0.3) is 0 Å². The fourth-order valence-electron chi connectivity index (χ4n) is 1.88. The highest BCUT2D eigenvalue weighted by atomic mass is 19.1. The van der Waals surface area contributed by atoms with Crippen LogP contribution in [-0.2, 0) is 9.59 Å². The van der Waals surface area contributed by atoms with Crippen LogP contribution in [0.5, 0.6) is 0 Å². The molecule has 0 aromatic heterocycles. The Hall–Kier alpha value is -2.21. The first-order valence-electron chi connectivity index (χ1n) is 5.86. The van der Waals surface area contributed by atoms with Crippen molar-refractivity contribution >= 4 is 17.8 Å². The van der Waals surface area contributed by atoms with Gasteiger partial charge in [-0.2, -0.15) is 0 Å². The van der Waals surface area contributed by atoms with Crippen LogP contribution in [0, 0.1) is 11.7 Å². The van der Waals surface area contributed by atoms with Crippen LogP contribution in [-0.4, -0.2) is 25.2 Å². The highest BCUT2D eigenvalue weighted by molar-refractivity contribution is 6.27. The SMILES string of the molecule is O=CC(=O)C1CNCC1=CNNc1ccc(F)cc1. The molecule has 100 valence electrons. The van der Waals surface area contributed by atoms with Gasteiger partial charge in [0.2, 0.25) is 5.78 Å². The zero-order valence-electron chi connectivity index (χ0n) is 10.2. The third-order valence-corrected chi connectivity index (χ3v) is 2.90. The second-order valence-electron chi connectivity index (χ2n) is 4.20. The summed E-state index contributed by atoms with van der Waals surface area (Å²) < 4.78 is 12.7. The second-order valence-corrected chi connectivity index (χ2v) is 4.20. The molecule has 1 fully saturated rings. The molecule has 1 aliphatic rings. The van der Waals surface area contributed by atoms with Gasteiger partial charge < -0.3 is 16.2 Å². The van der Waals surface area contributed by atoms with Crippen molar-refractivity contribution in [3.05, 3.63) is 41.9 Å². The molecule has 1 aromatic carbocycles. The average molecular weight is 263 g/mol. The van der Waals surface area contributed by atoms with Crippen molar-refractivity contribution in [3.8, 4) is 0 Å². The van der Waals surface area contributed by atoms with Gasteiger partial charge in [-0.05, 0) is 29.8 Å². The van der Waals surface area contributed by atoms with Crippen molar-refractivity contribution < 1.29 is 14.0 Å². The van der Waals surface area contributed by atoms with Gasteiger partial charge in [-0.15, -0.1) is 0 Å². The number of Topliss-reactive ketones (excluding diaryl/α,β-unsaturated/α-hetero) is 1. The largest absolute Gasteiger partial charge is 0.312 e. The molecule has 0 bridgehead atoms. The fraction of sp³-hybridized carbons (Fsp3) is 0.231. The minimum absolute atomic E-state index is 0.305. The summed E-state index contributed by atoms with van der Waals surface area (Å²) in [7, 11) is 0. The Bertz CT molecular complexity index is 499. The van der Waals surface area contributed by atoms with Gasteiger partial charge in [0.05, 0.1) is 11.6 Å². The average Bonchev–Trinajstić information content (AvgIpc) is 2.88. The van der Waals surface area contributed by atoms with Gasteiger partial charge in [0, 0.05) is 19.3 Å². The number of hydrogen-bond acceptors (Lipinski definition) is 5. The number of anilines is 1. The Balaban J connectivity index is 1.93. The summed E-state index contributed by atoms with van der Waals surface area (Å²) in [4.78, 5) is 21.8. The quantitative estimate of drug-likeness (QED) is 0.412. The number of ketones is 1. The molecule has 0 radical (unpaired) electrons. The molecule has 2 rings (SSSR count). The normalized spacial score (nSPS) is 20.3. The van der Waals surface area contributed by atoms with E-state index in [1.165, 1.54) is 12.1 Å². The van der Waals surface area contributed by atoms with Gasteiger partial charge in [-0.25, -0.2) is 4.39 Å². The van der Waals surface area contributed by atoms with E-state index >= 15 is 0 Å². The predicted octanol–water partition coefficient (Wildman–Crippen LogP) is 0.613. The van der Waals surface area contributed by atoms with Gasteiger partial charge in [0.1, 0.15) is 5.82 Å². The first kappa shape index (κ1) is 13.2. The van der Waals surface area contributed by atoms with Crippen LogP contribution < -0.4 is 16.2 Å². The van der Waals surface area contributed by atoms with Crippen LogP contribution in [0.15, 0.2) is 36.0 Å². The van der Waals surface area contributed by atoms with Crippen molar-refractivity contribution in [1.82, 2.24) is 10.7 Å². The van der Waals surface area contributed by atoms with E-state index in [1.54, 1.807) is 18.3 Å². The molecule has 19 heavy (non-hydrogen) atoms. The predicted molar refractivity (Wildman–Crippen MR) is 68.7 cm³/mol. The minimum Gasteiger partial charge on any atom is -0.312 e. The van der Waals surface area contributed by atoms with Crippen molar-refractivity contribution in [2.24, 2.45) is 5.92 Å². The van der Waals surface area contributed by atoms with E-state index in [4.69, 9.17) is 0 Å². The number of aldehydes is 1. The van der Waals surface area contributed by atoms with E-state index in [1.807, 2.05) is 0 Å². The zero-order valence-corrected chi connectivity index (χ0v) is 10.2. The molecule has 1 unspecified atom stereocenters. The lowest BCUT2D eigenvalue weighted by Crippen LogP contribution is -2.21. The molecule has 1 saturated heterocycles. The number of rotatable bonds is 5. The maximum Gasteiger partial charge on any atom is 0.203 e. The summed E-state index contributed by atoms with van der Waals surface area (Å²) in [6, 6.07) is 5.85. The van der Waals surface area contributed by atoms with Gasteiger partial charge >= 0.3 is 0 Å². The number of nitrogens with one attached hydrogen (secondary N) is 3. The summed E-state index contributed by atoms with van der Waals surface area (Å²) in [6.07, 6.45) is 1.99. The van der Waals surface area contributed by atoms with Crippen LogP contribution in [0.2, 0.25) is 0 Å². The van der Waals surface area contributed by atoms with Crippen LogP contribution in [0.1, 0.15) is 0 Å². The van der Waals surface area contributed by atoms with Gasteiger partial charge in [0.15, 0.2) is 6.29 Å². The van der Waals surface area contributed by atoms with Crippen LogP contribution >= 0.6 is 0 Å². The Labute approximate surface area is 109 Å². The number of carbonyl (C=O) groups is 2. The minimum atomic E-state index is -0.431. The van der Waals surface area contributed by atoms with E-state index in [2.05, 4.69) is 16.2 Å². The number of benzene rings is 1. The second kappa shape index (κ2) is 6.10. The van der Waals surface area contributed by atoms with Gasteiger partial charge in [-0.3, -0.25) is 9.59 Å². The van der Waals surface area contributed by atoms with Crippen LogP contribution in [0.3, 0.4) is 0 Å². The molecular weight excluding hydrogens is 249 g/mol. The monoisotopic (exact) mass is 263 g/mol.